The summed E-state index contributed by atoms with van der Waals surface area (Å²) in [6, 6.07) is 3.78. The number of aryl methyl sites for hydroxylation is 1. The van der Waals surface area contributed by atoms with Crippen LogP contribution in [0.2, 0.25) is 0 Å². The van der Waals surface area contributed by atoms with Gasteiger partial charge in [-0.1, -0.05) is 39.5 Å². The molecule has 2 N–H and O–H groups in total. The SMILES string of the molecule is CCCc1cc(C(=O)O)cc(NC2CCCC(CC)C2)n1. The van der Waals surface area contributed by atoms with Crippen LogP contribution in [0, 0.1) is 5.92 Å². The average Bonchev–Trinajstić information content (AvgIpc) is 2.47. The molecule has 0 bridgehead atoms. The monoisotopic (exact) mass is 290 g/mol. The van der Waals surface area contributed by atoms with Crippen molar-refractivity contribution in [2.24, 2.45) is 5.92 Å². The number of anilines is 1. The molecule has 2 atom stereocenters. The van der Waals surface area contributed by atoms with Crippen LogP contribution in [0.4, 0.5) is 5.82 Å². The largest absolute Gasteiger partial charge is 0.478 e. The normalized spacial score (nSPS) is 22.0. The van der Waals surface area contributed by atoms with E-state index in [1.165, 1.54) is 25.7 Å². The smallest absolute Gasteiger partial charge is 0.335 e. The first-order chi connectivity index (χ1) is 10.1. The second-order valence-corrected chi connectivity index (χ2v) is 6.07. The molecule has 0 amide bonds. The Labute approximate surface area is 127 Å². The van der Waals surface area contributed by atoms with Gasteiger partial charge in [0, 0.05) is 11.7 Å². The third kappa shape index (κ3) is 4.45. The molecule has 1 aliphatic carbocycles. The van der Waals surface area contributed by atoms with Gasteiger partial charge in [0.1, 0.15) is 5.82 Å². The number of carboxylic acids is 1. The maximum absolute atomic E-state index is 11.2. The van der Waals surface area contributed by atoms with E-state index in [1.54, 1.807) is 12.1 Å². The summed E-state index contributed by atoms with van der Waals surface area (Å²) in [5, 5.41) is 12.7. The third-order valence-electron chi connectivity index (χ3n) is 4.34. The van der Waals surface area contributed by atoms with E-state index in [-0.39, 0.29) is 0 Å². The fraction of sp³-hybridized carbons (Fsp3) is 0.647. The van der Waals surface area contributed by atoms with Crippen LogP contribution in [0.5, 0.6) is 0 Å². The van der Waals surface area contributed by atoms with Crippen molar-refractivity contribution in [2.75, 3.05) is 5.32 Å². The molecule has 1 aliphatic rings. The van der Waals surface area contributed by atoms with Crippen molar-refractivity contribution in [3.63, 3.8) is 0 Å². The zero-order chi connectivity index (χ0) is 15.2. The van der Waals surface area contributed by atoms with E-state index in [0.717, 1.165) is 36.7 Å². The summed E-state index contributed by atoms with van der Waals surface area (Å²) in [5.41, 5.74) is 1.20. The molecule has 2 rings (SSSR count). The summed E-state index contributed by atoms with van der Waals surface area (Å²) in [5.74, 6) is 0.627. The Bertz CT molecular complexity index is 488. The summed E-state index contributed by atoms with van der Waals surface area (Å²) in [6.45, 7) is 4.32. The highest BCUT2D eigenvalue weighted by atomic mass is 16.4. The van der Waals surface area contributed by atoms with Gasteiger partial charge in [0.25, 0.3) is 0 Å². The lowest BCUT2D eigenvalue weighted by molar-refractivity contribution is 0.0696. The van der Waals surface area contributed by atoms with Gasteiger partial charge in [-0.2, -0.15) is 0 Å². The average molecular weight is 290 g/mol. The van der Waals surface area contributed by atoms with E-state index < -0.39 is 5.97 Å². The number of carboxylic acid groups (broad SMARTS) is 1. The van der Waals surface area contributed by atoms with Gasteiger partial charge in [0.05, 0.1) is 5.56 Å². The van der Waals surface area contributed by atoms with Gasteiger partial charge in [0.2, 0.25) is 0 Å². The Hall–Kier alpha value is -1.58. The fourth-order valence-corrected chi connectivity index (χ4v) is 3.17. The zero-order valence-corrected chi connectivity index (χ0v) is 13.1. The minimum Gasteiger partial charge on any atom is -0.478 e. The van der Waals surface area contributed by atoms with E-state index in [9.17, 15) is 9.90 Å². The van der Waals surface area contributed by atoms with Gasteiger partial charge >= 0.3 is 5.97 Å². The van der Waals surface area contributed by atoms with Gasteiger partial charge in [-0.15, -0.1) is 0 Å². The highest BCUT2D eigenvalue weighted by Crippen LogP contribution is 2.28. The molecule has 1 aromatic heterocycles. The van der Waals surface area contributed by atoms with E-state index in [4.69, 9.17) is 0 Å². The Balaban J connectivity index is 2.12. The van der Waals surface area contributed by atoms with Crippen LogP contribution < -0.4 is 5.32 Å². The lowest BCUT2D eigenvalue weighted by atomic mass is 9.84. The molecular weight excluding hydrogens is 264 g/mol. The van der Waals surface area contributed by atoms with Crippen LogP contribution in [0.15, 0.2) is 12.1 Å². The number of hydrogen-bond acceptors (Lipinski definition) is 3. The standard InChI is InChI=1S/C17H26N2O2/c1-3-6-14-10-13(17(20)21)11-16(18-14)19-15-8-5-7-12(4-2)9-15/h10-12,15H,3-9H2,1-2H3,(H,18,19)(H,20,21). The van der Waals surface area contributed by atoms with Crippen molar-refractivity contribution < 1.29 is 9.90 Å². The molecule has 0 saturated heterocycles. The van der Waals surface area contributed by atoms with Gasteiger partial charge in [-0.3, -0.25) is 0 Å². The molecule has 0 spiro atoms. The molecule has 0 aromatic carbocycles. The zero-order valence-electron chi connectivity index (χ0n) is 13.1. The lowest BCUT2D eigenvalue weighted by Crippen LogP contribution is -2.27. The molecular formula is C17H26N2O2. The quantitative estimate of drug-likeness (QED) is 0.827. The summed E-state index contributed by atoms with van der Waals surface area (Å²) < 4.78 is 0. The molecule has 1 fully saturated rings. The molecule has 4 heteroatoms. The Kier molecular flexibility index (Phi) is 5.59. The second kappa shape index (κ2) is 7.43. The van der Waals surface area contributed by atoms with Crippen LogP contribution >= 0.6 is 0 Å². The Morgan fingerprint density at radius 3 is 2.86 bits per heavy atom. The molecule has 1 aromatic rings. The molecule has 0 aliphatic heterocycles. The Morgan fingerprint density at radius 1 is 1.38 bits per heavy atom. The van der Waals surface area contributed by atoms with Crippen LogP contribution in [0.3, 0.4) is 0 Å². The number of aromatic carboxylic acids is 1. The van der Waals surface area contributed by atoms with E-state index in [0.29, 0.717) is 11.6 Å². The van der Waals surface area contributed by atoms with Crippen molar-refractivity contribution in [2.45, 2.75) is 64.8 Å². The predicted molar refractivity (Wildman–Crippen MR) is 84.9 cm³/mol. The van der Waals surface area contributed by atoms with Gasteiger partial charge < -0.3 is 10.4 Å². The van der Waals surface area contributed by atoms with E-state index in [1.807, 2.05) is 0 Å². The molecule has 116 valence electrons. The highest BCUT2D eigenvalue weighted by Gasteiger charge is 2.21. The number of hydrogen-bond donors (Lipinski definition) is 2. The molecule has 4 nitrogen and oxygen atoms in total. The number of nitrogens with zero attached hydrogens (tertiary/aromatic N) is 1. The van der Waals surface area contributed by atoms with Crippen molar-refractivity contribution in [3.8, 4) is 0 Å². The van der Waals surface area contributed by atoms with Crippen LogP contribution in [-0.2, 0) is 6.42 Å². The third-order valence-corrected chi connectivity index (χ3v) is 4.34. The van der Waals surface area contributed by atoms with Crippen LogP contribution in [0.25, 0.3) is 0 Å². The van der Waals surface area contributed by atoms with Gasteiger partial charge in [0.15, 0.2) is 0 Å². The topological polar surface area (TPSA) is 62.2 Å². The van der Waals surface area contributed by atoms with Crippen molar-refractivity contribution in [3.05, 3.63) is 23.4 Å². The minimum atomic E-state index is -0.882. The highest BCUT2D eigenvalue weighted by molar-refractivity contribution is 5.88. The molecule has 2 unspecified atom stereocenters. The Morgan fingerprint density at radius 2 is 2.19 bits per heavy atom. The lowest BCUT2D eigenvalue weighted by Gasteiger charge is -2.29. The van der Waals surface area contributed by atoms with Crippen molar-refractivity contribution >= 4 is 11.8 Å². The summed E-state index contributed by atoms with van der Waals surface area (Å²) in [7, 11) is 0. The van der Waals surface area contributed by atoms with Crippen molar-refractivity contribution in [1.82, 2.24) is 4.98 Å². The fourth-order valence-electron chi connectivity index (χ4n) is 3.17. The number of nitrogens with one attached hydrogen (secondary N) is 1. The first-order valence-corrected chi connectivity index (χ1v) is 8.13. The van der Waals surface area contributed by atoms with Crippen LogP contribution in [-0.4, -0.2) is 22.1 Å². The minimum absolute atomic E-state index is 0.332. The number of carbonyl (C=O) groups is 1. The first kappa shape index (κ1) is 15.8. The number of rotatable bonds is 6. The van der Waals surface area contributed by atoms with Gasteiger partial charge in [-0.05, 0) is 37.3 Å². The molecule has 0 radical (unpaired) electrons. The number of pyridine rings is 1. The summed E-state index contributed by atoms with van der Waals surface area (Å²) in [4.78, 5) is 15.8. The predicted octanol–water partition coefficient (Wildman–Crippen LogP) is 4.11. The van der Waals surface area contributed by atoms with E-state index in [2.05, 4.69) is 24.1 Å². The van der Waals surface area contributed by atoms with Crippen LogP contribution in [0.1, 0.15) is 68.4 Å². The first-order valence-electron chi connectivity index (χ1n) is 8.13. The summed E-state index contributed by atoms with van der Waals surface area (Å²) >= 11 is 0. The van der Waals surface area contributed by atoms with E-state index >= 15 is 0 Å². The number of aromatic nitrogens is 1. The maximum atomic E-state index is 11.2. The second-order valence-electron chi connectivity index (χ2n) is 6.07. The molecule has 21 heavy (non-hydrogen) atoms. The molecule has 1 heterocycles. The summed E-state index contributed by atoms with van der Waals surface area (Å²) in [6.07, 6.45) is 7.89. The maximum Gasteiger partial charge on any atom is 0.335 e. The molecule has 1 saturated carbocycles. The van der Waals surface area contributed by atoms with Crippen molar-refractivity contribution in [1.29, 1.82) is 0 Å². The van der Waals surface area contributed by atoms with Gasteiger partial charge in [-0.25, -0.2) is 9.78 Å².